The van der Waals surface area contributed by atoms with Crippen molar-refractivity contribution in [3.63, 3.8) is 0 Å². The standard InChI is InChI=1S/C15H11N3O2/c16-14(19)12-2-1-6-17-13(12)10-3-4-11-9(8-10)5-7-18-15(11)20/h1-8H,(H2,16,19)(H,18,20). The van der Waals surface area contributed by atoms with Gasteiger partial charge in [0.15, 0.2) is 0 Å². The van der Waals surface area contributed by atoms with E-state index in [2.05, 4.69) is 9.97 Å². The van der Waals surface area contributed by atoms with Crippen molar-refractivity contribution in [2.75, 3.05) is 0 Å². The van der Waals surface area contributed by atoms with Gasteiger partial charge >= 0.3 is 0 Å². The number of benzene rings is 1. The highest BCUT2D eigenvalue weighted by atomic mass is 16.1. The molecule has 98 valence electrons. The predicted octanol–water partition coefficient (Wildman–Crippen LogP) is 1.69. The van der Waals surface area contributed by atoms with Crippen LogP contribution in [0.4, 0.5) is 0 Å². The number of nitrogens with zero attached hydrogens (tertiary/aromatic N) is 1. The minimum Gasteiger partial charge on any atom is -0.366 e. The van der Waals surface area contributed by atoms with Crippen LogP contribution in [0.15, 0.2) is 53.6 Å². The zero-order valence-electron chi connectivity index (χ0n) is 10.5. The van der Waals surface area contributed by atoms with E-state index in [0.717, 1.165) is 10.9 Å². The molecule has 0 aliphatic rings. The maximum Gasteiger partial charge on any atom is 0.255 e. The van der Waals surface area contributed by atoms with E-state index >= 15 is 0 Å². The molecule has 0 aliphatic carbocycles. The number of rotatable bonds is 2. The molecule has 5 heteroatoms. The first kappa shape index (κ1) is 12.1. The number of carbonyl (C=O) groups is 1. The molecule has 3 rings (SSSR count). The fraction of sp³-hybridized carbons (Fsp3) is 0. The molecule has 5 nitrogen and oxygen atoms in total. The molecule has 0 saturated carbocycles. The van der Waals surface area contributed by atoms with Crippen LogP contribution in [0.2, 0.25) is 0 Å². The fourth-order valence-electron chi connectivity index (χ4n) is 2.17. The third kappa shape index (κ3) is 1.95. The topological polar surface area (TPSA) is 88.8 Å². The van der Waals surface area contributed by atoms with Gasteiger partial charge in [-0.15, -0.1) is 0 Å². The SMILES string of the molecule is NC(=O)c1cccnc1-c1ccc2c(=O)[nH]ccc2c1. The number of primary amides is 1. The van der Waals surface area contributed by atoms with E-state index in [1.165, 1.54) is 0 Å². The molecule has 0 fully saturated rings. The summed E-state index contributed by atoms with van der Waals surface area (Å²) in [5.74, 6) is -0.529. The number of hydrogen-bond donors (Lipinski definition) is 2. The van der Waals surface area contributed by atoms with Gasteiger partial charge < -0.3 is 10.7 Å². The number of fused-ring (bicyclic) bond motifs is 1. The Kier molecular flexibility index (Phi) is 2.80. The van der Waals surface area contributed by atoms with E-state index < -0.39 is 5.91 Å². The Morgan fingerprint density at radius 2 is 2.05 bits per heavy atom. The summed E-state index contributed by atoms with van der Waals surface area (Å²) in [6.07, 6.45) is 3.19. The van der Waals surface area contributed by atoms with E-state index in [1.54, 1.807) is 42.7 Å². The molecule has 1 aromatic carbocycles. The lowest BCUT2D eigenvalue weighted by atomic mass is 10.0. The second-order valence-corrected chi connectivity index (χ2v) is 4.37. The summed E-state index contributed by atoms with van der Waals surface area (Å²) in [6.45, 7) is 0. The molecule has 3 aromatic rings. The number of pyridine rings is 2. The van der Waals surface area contributed by atoms with Gasteiger partial charge in [-0.25, -0.2) is 0 Å². The lowest BCUT2D eigenvalue weighted by Crippen LogP contribution is -2.13. The highest BCUT2D eigenvalue weighted by Crippen LogP contribution is 2.23. The summed E-state index contributed by atoms with van der Waals surface area (Å²) in [4.78, 5) is 29.9. The summed E-state index contributed by atoms with van der Waals surface area (Å²) in [6, 6.07) is 10.4. The number of amides is 1. The number of aromatic nitrogens is 2. The molecule has 1 amide bonds. The van der Waals surface area contributed by atoms with E-state index in [4.69, 9.17) is 5.73 Å². The average molecular weight is 265 g/mol. The van der Waals surface area contributed by atoms with Crippen molar-refractivity contribution in [3.8, 4) is 11.3 Å². The molecule has 0 aliphatic heterocycles. The number of carbonyl (C=O) groups excluding carboxylic acids is 1. The molecule has 3 N–H and O–H groups in total. The van der Waals surface area contributed by atoms with Crippen molar-refractivity contribution in [3.05, 3.63) is 64.7 Å². The molecule has 0 spiro atoms. The predicted molar refractivity (Wildman–Crippen MR) is 76.3 cm³/mol. The van der Waals surface area contributed by atoms with E-state index in [-0.39, 0.29) is 5.56 Å². The van der Waals surface area contributed by atoms with Crippen LogP contribution in [0.5, 0.6) is 0 Å². The van der Waals surface area contributed by atoms with Crippen molar-refractivity contribution in [1.29, 1.82) is 0 Å². The van der Waals surface area contributed by atoms with Crippen molar-refractivity contribution in [2.24, 2.45) is 5.73 Å². The molecule has 20 heavy (non-hydrogen) atoms. The first-order valence-corrected chi connectivity index (χ1v) is 6.03. The van der Waals surface area contributed by atoms with Gasteiger partial charge in [0.2, 0.25) is 0 Å². The molecular formula is C15H11N3O2. The number of nitrogens with one attached hydrogen (secondary N) is 1. The van der Waals surface area contributed by atoms with Gasteiger partial charge in [-0.05, 0) is 35.7 Å². The molecule has 0 atom stereocenters. The van der Waals surface area contributed by atoms with Gasteiger partial charge in [-0.1, -0.05) is 6.07 Å². The largest absolute Gasteiger partial charge is 0.366 e. The zero-order valence-corrected chi connectivity index (χ0v) is 10.5. The molecule has 2 heterocycles. The van der Waals surface area contributed by atoms with Gasteiger partial charge in [0.1, 0.15) is 0 Å². The van der Waals surface area contributed by atoms with Crippen LogP contribution in [-0.2, 0) is 0 Å². The Morgan fingerprint density at radius 3 is 2.85 bits per heavy atom. The molecular weight excluding hydrogens is 254 g/mol. The van der Waals surface area contributed by atoms with E-state index in [1.807, 2.05) is 6.07 Å². The van der Waals surface area contributed by atoms with Gasteiger partial charge in [-0.2, -0.15) is 0 Å². The van der Waals surface area contributed by atoms with Gasteiger partial charge in [-0.3, -0.25) is 14.6 Å². The summed E-state index contributed by atoms with van der Waals surface area (Å²) in [7, 11) is 0. The second kappa shape index (κ2) is 4.62. The van der Waals surface area contributed by atoms with Crippen LogP contribution in [0, 0.1) is 0 Å². The third-order valence-corrected chi connectivity index (χ3v) is 3.12. The smallest absolute Gasteiger partial charge is 0.255 e. The van der Waals surface area contributed by atoms with E-state index in [9.17, 15) is 9.59 Å². The first-order valence-electron chi connectivity index (χ1n) is 6.03. The summed E-state index contributed by atoms with van der Waals surface area (Å²) in [5.41, 5.74) is 6.83. The van der Waals surface area contributed by atoms with Crippen LogP contribution in [0.3, 0.4) is 0 Å². The molecule has 0 unspecified atom stereocenters. The molecule has 0 bridgehead atoms. The second-order valence-electron chi connectivity index (χ2n) is 4.37. The average Bonchev–Trinajstić information content (AvgIpc) is 2.47. The van der Waals surface area contributed by atoms with Crippen molar-refractivity contribution in [1.82, 2.24) is 9.97 Å². The Morgan fingerprint density at radius 1 is 1.20 bits per heavy atom. The molecule has 0 saturated heterocycles. The normalized spacial score (nSPS) is 10.6. The molecule has 0 radical (unpaired) electrons. The van der Waals surface area contributed by atoms with Gasteiger partial charge in [0, 0.05) is 23.3 Å². The highest BCUT2D eigenvalue weighted by molar-refractivity contribution is 5.99. The number of hydrogen-bond acceptors (Lipinski definition) is 3. The summed E-state index contributed by atoms with van der Waals surface area (Å²) >= 11 is 0. The van der Waals surface area contributed by atoms with Crippen LogP contribution in [-0.4, -0.2) is 15.9 Å². The fourth-order valence-corrected chi connectivity index (χ4v) is 2.17. The van der Waals surface area contributed by atoms with Gasteiger partial charge in [0.25, 0.3) is 11.5 Å². The Labute approximate surface area is 114 Å². The Balaban J connectivity index is 2.26. The van der Waals surface area contributed by atoms with E-state index in [0.29, 0.717) is 16.6 Å². The third-order valence-electron chi connectivity index (χ3n) is 3.12. The minimum atomic E-state index is -0.529. The van der Waals surface area contributed by atoms with Crippen molar-refractivity contribution < 1.29 is 4.79 Å². The first-order chi connectivity index (χ1) is 9.66. The Bertz CT molecular complexity index is 868. The molecule has 2 aromatic heterocycles. The highest BCUT2D eigenvalue weighted by Gasteiger charge is 2.11. The van der Waals surface area contributed by atoms with Crippen molar-refractivity contribution >= 4 is 16.7 Å². The minimum absolute atomic E-state index is 0.148. The van der Waals surface area contributed by atoms with Crippen LogP contribution >= 0.6 is 0 Å². The summed E-state index contributed by atoms with van der Waals surface area (Å²) < 4.78 is 0. The maximum atomic E-state index is 11.7. The summed E-state index contributed by atoms with van der Waals surface area (Å²) in [5, 5.41) is 1.38. The van der Waals surface area contributed by atoms with Gasteiger partial charge in [0.05, 0.1) is 11.3 Å². The quantitative estimate of drug-likeness (QED) is 0.739. The van der Waals surface area contributed by atoms with Crippen LogP contribution in [0.25, 0.3) is 22.0 Å². The van der Waals surface area contributed by atoms with Crippen molar-refractivity contribution in [2.45, 2.75) is 0 Å². The number of aromatic amines is 1. The monoisotopic (exact) mass is 265 g/mol. The number of nitrogens with two attached hydrogens (primary N) is 1. The Hall–Kier alpha value is -2.95. The zero-order chi connectivity index (χ0) is 14.1. The van der Waals surface area contributed by atoms with Crippen LogP contribution < -0.4 is 11.3 Å². The lowest BCUT2D eigenvalue weighted by Gasteiger charge is -2.06. The number of H-pyrrole nitrogens is 1. The maximum absolute atomic E-state index is 11.7. The lowest BCUT2D eigenvalue weighted by molar-refractivity contribution is 0.100. The van der Waals surface area contributed by atoms with Crippen LogP contribution in [0.1, 0.15) is 10.4 Å².